The molecule has 1 atom stereocenters. The second-order valence-corrected chi connectivity index (χ2v) is 7.06. The Morgan fingerprint density at radius 3 is 2.70 bits per heavy atom. The van der Waals surface area contributed by atoms with Crippen molar-refractivity contribution in [3.05, 3.63) is 59.7 Å². The van der Waals surface area contributed by atoms with E-state index in [1.165, 1.54) is 0 Å². The third-order valence-corrected chi connectivity index (χ3v) is 4.81. The van der Waals surface area contributed by atoms with Crippen LogP contribution in [0.4, 0.5) is 0 Å². The summed E-state index contributed by atoms with van der Waals surface area (Å²) < 4.78 is 16.8. The molecule has 1 N–H and O–H groups in total. The quantitative estimate of drug-likeness (QED) is 0.685. The van der Waals surface area contributed by atoms with Crippen LogP contribution in [0.2, 0.25) is 0 Å². The number of rotatable bonds is 9. The summed E-state index contributed by atoms with van der Waals surface area (Å²) in [7, 11) is 0. The minimum absolute atomic E-state index is 0.210. The van der Waals surface area contributed by atoms with Crippen LogP contribution in [0.5, 0.6) is 11.5 Å². The zero-order valence-electron chi connectivity index (χ0n) is 17.2. The first kappa shape index (κ1) is 21.6. The van der Waals surface area contributed by atoms with E-state index in [4.69, 9.17) is 19.5 Å². The molecule has 3 rings (SSSR count). The lowest BCUT2D eigenvalue weighted by molar-refractivity contribution is -0.127. The minimum atomic E-state index is -0.647. The number of nitriles is 1. The molecule has 158 valence electrons. The Kier molecular flexibility index (Phi) is 8.07. The number of amides is 1. The molecule has 0 aliphatic carbocycles. The van der Waals surface area contributed by atoms with E-state index in [-0.39, 0.29) is 5.91 Å². The lowest BCUT2D eigenvalue weighted by Crippen LogP contribution is -2.38. The fraction of sp³-hybridized carbons (Fsp3) is 0.391. The molecule has 1 saturated heterocycles. The summed E-state index contributed by atoms with van der Waals surface area (Å²) in [4.78, 5) is 14.7. The molecule has 1 amide bonds. The van der Waals surface area contributed by atoms with Crippen LogP contribution in [0.25, 0.3) is 0 Å². The van der Waals surface area contributed by atoms with Gasteiger partial charge in [0.05, 0.1) is 24.8 Å². The Bertz CT molecular complexity index is 857. The van der Waals surface area contributed by atoms with Gasteiger partial charge in [-0.05, 0) is 48.9 Å². The molecule has 7 nitrogen and oxygen atoms in total. The molecule has 1 unspecified atom stereocenters. The van der Waals surface area contributed by atoms with Crippen LogP contribution in [0.1, 0.15) is 18.1 Å². The normalized spacial score (nSPS) is 15.1. The third kappa shape index (κ3) is 6.76. The van der Waals surface area contributed by atoms with Crippen LogP contribution in [-0.4, -0.2) is 56.4 Å². The highest BCUT2D eigenvalue weighted by molar-refractivity contribution is 5.80. The maximum Gasteiger partial charge on any atom is 0.261 e. The average Bonchev–Trinajstić information content (AvgIpc) is 2.79. The fourth-order valence-corrected chi connectivity index (χ4v) is 3.06. The van der Waals surface area contributed by atoms with E-state index in [2.05, 4.69) is 16.3 Å². The van der Waals surface area contributed by atoms with Crippen molar-refractivity contribution in [2.24, 2.45) is 0 Å². The maximum atomic E-state index is 12.3. The van der Waals surface area contributed by atoms with Crippen molar-refractivity contribution in [1.29, 1.82) is 5.26 Å². The van der Waals surface area contributed by atoms with Crippen LogP contribution in [0, 0.1) is 11.3 Å². The van der Waals surface area contributed by atoms with Crippen molar-refractivity contribution in [3.8, 4) is 17.6 Å². The van der Waals surface area contributed by atoms with Gasteiger partial charge >= 0.3 is 0 Å². The molecule has 0 spiro atoms. The Morgan fingerprint density at radius 2 is 1.97 bits per heavy atom. The second-order valence-electron chi connectivity index (χ2n) is 7.06. The summed E-state index contributed by atoms with van der Waals surface area (Å²) in [6.07, 6.45) is -0.647. The number of ether oxygens (including phenoxy) is 3. The van der Waals surface area contributed by atoms with E-state index >= 15 is 0 Å². The zero-order valence-corrected chi connectivity index (χ0v) is 17.2. The monoisotopic (exact) mass is 409 g/mol. The van der Waals surface area contributed by atoms with Crippen molar-refractivity contribution in [2.45, 2.75) is 19.6 Å². The van der Waals surface area contributed by atoms with Crippen molar-refractivity contribution >= 4 is 5.91 Å². The van der Waals surface area contributed by atoms with E-state index in [1.807, 2.05) is 24.3 Å². The summed E-state index contributed by atoms with van der Waals surface area (Å²) in [6.45, 7) is 7.01. The molecule has 1 aliphatic heterocycles. The molecule has 2 aromatic rings. The van der Waals surface area contributed by atoms with Crippen LogP contribution >= 0.6 is 0 Å². The van der Waals surface area contributed by atoms with Gasteiger partial charge in [0.2, 0.25) is 0 Å². The SMILES string of the molecule is CC(Oc1ccc(C#N)cc1)C(=O)NCc1cccc(OCCN2CCOCC2)c1. The van der Waals surface area contributed by atoms with Gasteiger partial charge in [-0.25, -0.2) is 0 Å². The molecule has 1 aliphatic rings. The van der Waals surface area contributed by atoms with Gasteiger partial charge in [-0.1, -0.05) is 12.1 Å². The Labute approximate surface area is 177 Å². The average molecular weight is 409 g/mol. The van der Waals surface area contributed by atoms with Crippen molar-refractivity contribution in [2.75, 3.05) is 39.5 Å². The van der Waals surface area contributed by atoms with E-state index in [0.29, 0.717) is 24.5 Å². The molecule has 0 radical (unpaired) electrons. The van der Waals surface area contributed by atoms with Crippen molar-refractivity contribution < 1.29 is 19.0 Å². The summed E-state index contributed by atoms with van der Waals surface area (Å²) in [6, 6.07) is 16.4. The van der Waals surface area contributed by atoms with Crippen molar-refractivity contribution in [3.63, 3.8) is 0 Å². The summed E-state index contributed by atoms with van der Waals surface area (Å²) >= 11 is 0. The molecule has 2 aromatic carbocycles. The van der Waals surface area contributed by atoms with Crippen LogP contribution in [0.3, 0.4) is 0 Å². The number of nitrogens with one attached hydrogen (secondary N) is 1. The first-order valence-electron chi connectivity index (χ1n) is 10.1. The predicted octanol–water partition coefficient (Wildman–Crippen LogP) is 2.35. The molecule has 0 bridgehead atoms. The molecule has 30 heavy (non-hydrogen) atoms. The first-order chi connectivity index (χ1) is 14.6. The second kappa shape index (κ2) is 11.2. The van der Waals surface area contributed by atoms with Gasteiger partial charge in [0.25, 0.3) is 5.91 Å². The number of morpholine rings is 1. The molecule has 7 heteroatoms. The third-order valence-electron chi connectivity index (χ3n) is 4.81. The smallest absolute Gasteiger partial charge is 0.261 e. The van der Waals surface area contributed by atoms with Gasteiger partial charge < -0.3 is 19.5 Å². The molecule has 0 aromatic heterocycles. The molecule has 0 saturated carbocycles. The van der Waals surface area contributed by atoms with Gasteiger partial charge in [-0.3, -0.25) is 9.69 Å². The largest absolute Gasteiger partial charge is 0.492 e. The Balaban J connectivity index is 1.42. The summed E-state index contributed by atoms with van der Waals surface area (Å²) in [5.74, 6) is 1.13. The summed E-state index contributed by atoms with van der Waals surface area (Å²) in [5.41, 5.74) is 1.50. The minimum Gasteiger partial charge on any atom is -0.492 e. The fourth-order valence-electron chi connectivity index (χ4n) is 3.06. The molecule has 1 fully saturated rings. The summed E-state index contributed by atoms with van der Waals surface area (Å²) in [5, 5.41) is 11.7. The van der Waals surface area contributed by atoms with Gasteiger partial charge in [0.1, 0.15) is 18.1 Å². The number of carbonyl (C=O) groups is 1. The highest BCUT2D eigenvalue weighted by Gasteiger charge is 2.14. The number of carbonyl (C=O) groups excluding carboxylic acids is 1. The Morgan fingerprint density at radius 1 is 1.20 bits per heavy atom. The highest BCUT2D eigenvalue weighted by atomic mass is 16.5. The lowest BCUT2D eigenvalue weighted by atomic mass is 10.2. The van der Waals surface area contributed by atoms with Crippen LogP contribution in [-0.2, 0) is 16.1 Å². The molecular formula is C23H27N3O4. The van der Waals surface area contributed by atoms with Gasteiger partial charge in [0.15, 0.2) is 6.10 Å². The van der Waals surface area contributed by atoms with Gasteiger partial charge in [0, 0.05) is 26.2 Å². The number of benzene rings is 2. The lowest BCUT2D eigenvalue weighted by Gasteiger charge is -2.26. The van der Waals surface area contributed by atoms with Gasteiger partial charge in [-0.2, -0.15) is 5.26 Å². The van der Waals surface area contributed by atoms with E-state index in [9.17, 15) is 4.79 Å². The highest BCUT2D eigenvalue weighted by Crippen LogP contribution is 2.15. The van der Waals surface area contributed by atoms with Crippen molar-refractivity contribution in [1.82, 2.24) is 10.2 Å². The molecule has 1 heterocycles. The van der Waals surface area contributed by atoms with Gasteiger partial charge in [-0.15, -0.1) is 0 Å². The van der Waals surface area contributed by atoms with E-state index < -0.39 is 6.10 Å². The van der Waals surface area contributed by atoms with E-state index in [0.717, 1.165) is 44.2 Å². The maximum absolute atomic E-state index is 12.3. The standard InChI is InChI=1S/C23H27N3O4/c1-18(30-21-7-5-19(16-24)6-8-21)23(27)25-17-20-3-2-4-22(15-20)29-14-11-26-9-12-28-13-10-26/h2-8,15,18H,9-14,17H2,1H3,(H,25,27). The number of hydrogen-bond donors (Lipinski definition) is 1. The predicted molar refractivity (Wildman–Crippen MR) is 112 cm³/mol. The number of nitrogens with zero attached hydrogens (tertiary/aromatic N) is 2. The van der Waals surface area contributed by atoms with E-state index in [1.54, 1.807) is 31.2 Å². The number of hydrogen-bond acceptors (Lipinski definition) is 6. The molecular weight excluding hydrogens is 382 g/mol. The Hall–Kier alpha value is -3.08. The zero-order chi connectivity index (χ0) is 21.2. The van der Waals surface area contributed by atoms with Crippen LogP contribution in [0.15, 0.2) is 48.5 Å². The topological polar surface area (TPSA) is 83.8 Å². The first-order valence-corrected chi connectivity index (χ1v) is 10.1. The van der Waals surface area contributed by atoms with Crippen LogP contribution < -0.4 is 14.8 Å².